The second kappa shape index (κ2) is 5.39. The third kappa shape index (κ3) is 2.15. The number of benzene rings is 2. The molecule has 0 saturated carbocycles. The van der Waals surface area contributed by atoms with Crippen LogP contribution in [-0.4, -0.2) is 24.0 Å². The van der Waals surface area contributed by atoms with Crippen LogP contribution in [0.15, 0.2) is 60.7 Å². The third-order valence-electron chi connectivity index (χ3n) is 4.74. The maximum Gasteiger partial charge on any atom is 0.0459 e. The van der Waals surface area contributed by atoms with E-state index in [4.69, 9.17) is 5.73 Å². The fourth-order valence-corrected chi connectivity index (χ4v) is 3.46. The van der Waals surface area contributed by atoms with Crippen LogP contribution >= 0.6 is 0 Å². The number of likely N-dealkylation sites (N-methyl/N-ethyl adjacent to an activating group) is 1. The first kappa shape index (κ1) is 13.3. The highest BCUT2D eigenvalue weighted by molar-refractivity contribution is 5.31. The Morgan fingerprint density at radius 2 is 1.50 bits per heavy atom. The van der Waals surface area contributed by atoms with Crippen LogP contribution in [0.4, 0.5) is 0 Å². The molecule has 1 fully saturated rings. The standard InChI is InChI=1S/C18H22N2/c1-13-16(14-9-5-3-6-10-14)18(20(13)2)17(19)15-11-7-4-8-12-15/h3-13,16-18H,19H2,1-2H3/t13-,16-,17-,18+/m1/s1. The van der Waals surface area contributed by atoms with Crippen LogP contribution in [0.3, 0.4) is 0 Å². The molecule has 0 bridgehead atoms. The lowest BCUT2D eigenvalue weighted by atomic mass is 9.72. The highest BCUT2D eigenvalue weighted by Crippen LogP contribution is 2.44. The number of nitrogens with zero attached hydrogens (tertiary/aromatic N) is 1. The summed E-state index contributed by atoms with van der Waals surface area (Å²) in [4.78, 5) is 2.40. The minimum absolute atomic E-state index is 0.0580. The molecule has 2 aromatic carbocycles. The van der Waals surface area contributed by atoms with Crippen LogP contribution in [-0.2, 0) is 0 Å². The molecule has 1 saturated heterocycles. The molecule has 20 heavy (non-hydrogen) atoms. The van der Waals surface area contributed by atoms with Crippen molar-refractivity contribution in [3.63, 3.8) is 0 Å². The van der Waals surface area contributed by atoms with Gasteiger partial charge in [-0.1, -0.05) is 60.7 Å². The third-order valence-corrected chi connectivity index (χ3v) is 4.74. The zero-order valence-corrected chi connectivity index (χ0v) is 12.1. The fourth-order valence-electron chi connectivity index (χ4n) is 3.46. The van der Waals surface area contributed by atoms with Crippen LogP contribution < -0.4 is 5.73 Å². The van der Waals surface area contributed by atoms with E-state index in [9.17, 15) is 0 Å². The molecular formula is C18H22N2. The van der Waals surface area contributed by atoms with Gasteiger partial charge in [0.15, 0.2) is 0 Å². The van der Waals surface area contributed by atoms with Gasteiger partial charge < -0.3 is 5.73 Å². The molecule has 0 spiro atoms. The van der Waals surface area contributed by atoms with Gasteiger partial charge in [-0.25, -0.2) is 0 Å². The summed E-state index contributed by atoms with van der Waals surface area (Å²) in [7, 11) is 2.18. The molecule has 0 amide bonds. The Balaban J connectivity index is 1.88. The quantitative estimate of drug-likeness (QED) is 0.924. The summed E-state index contributed by atoms with van der Waals surface area (Å²) in [6.07, 6.45) is 0. The minimum atomic E-state index is 0.0580. The van der Waals surface area contributed by atoms with Crippen LogP contribution in [0.2, 0.25) is 0 Å². The maximum absolute atomic E-state index is 6.54. The Morgan fingerprint density at radius 3 is 2.10 bits per heavy atom. The molecule has 2 aromatic rings. The normalized spacial score (nSPS) is 27.9. The summed E-state index contributed by atoms with van der Waals surface area (Å²) in [6.45, 7) is 2.28. The lowest BCUT2D eigenvalue weighted by molar-refractivity contribution is 0.00580. The van der Waals surface area contributed by atoms with Gasteiger partial charge >= 0.3 is 0 Å². The van der Waals surface area contributed by atoms with Gasteiger partial charge in [0.2, 0.25) is 0 Å². The summed E-state index contributed by atoms with van der Waals surface area (Å²) in [5, 5.41) is 0. The van der Waals surface area contributed by atoms with Crippen molar-refractivity contribution in [2.24, 2.45) is 5.73 Å². The monoisotopic (exact) mass is 266 g/mol. The van der Waals surface area contributed by atoms with Gasteiger partial charge in [0.25, 0.3) is 0 Å². The molecular weight excluding hydrogens is 244 g/mol. The average molecular weight is 266 g/mol. The van der Waals surface area contributed by atoms with Crippen molar-refractivity contribution in [1.29, 1.82) is 0 Å². The second-order valence-electron chi connectivity index (χ2n) is 5.77. The average Bonchev–Trinajstić information content (AvgIpc) is 2.52. The van der Waals surface area contributed by atoms with Crippen molar-refractivity contribution in [2.45, 2.75) is 31.0 Å². The van der Waals surface area contributed by atoms with E-state index in [0.717, 1.165) is 0 Å². The summed E-state index contributed by atoms with van der Waals surface area (Å²) >= 11 is 0. The Labute approximate surface area is 121 Å². The summed E-state index contributed by atoms with van der Waals surface area (Å²) in [5.41, 5.74) is 9.16. The molecule has 2 nitrogen and oxygen atoms in total. The van der Waals surface area contributed by atoms with Crippen LogP contribution in [0.1, 0.15) is 30.0 Å². The molecule has 1 aliphatic rings. The molecule has 0 radical (unpaired) electrons. The van der Waals surface area contributed by atoms with E-state index in [2.05, 4.69) is 73.5 Å². The Bertz CT molecular complexity index is 552. The van der Waals surface area contributed by atoms with Crippen molar-refractivity contribution in [2.75, 3.05) is 7.05 Å². The fraction of sp³-hybridized carbons (Fsp3) is 0.333. The number of hydrogen-bond donors (Lipinski definition) is 1. The zero-order chi connectivity index (χ0) is 14.1. The van der Waals surface area contributed by atoms with Gasteiger partial charge in [0, 0.05) is 24.0 Å². The maximum atomic E-state index is 6.54. The lowest BCUT2D eigenvalue weighted by Crippen LogP contribution is -2.62. The first-order valence-electron chi connectivity index (χ1n) is 7.27. The predicted molar refractivity (Wildman–Crippen MR) is 83.6 cm³/mol. The van der Waals surface area contributed by atoms with Crippen molar-refractivity contribution < 1.29 is 0 Å². The van der Waals surface area contributed by atoms with Gasteiger partial charge in [-0.05, 0) is 25.1 Å². The van der Waals surface area contributed by atoms with Crippen molar-refractivity contribution in [1.82, 2.24) is 4.90 Å². The van der Waals surface area contributed by atoms with Crippen molar-refractivity contribution >= 4 is 0 Å². The van der Waals surface area contributed by atoms with E-state index in [1.807, 2.05) is 6.07 Å². The number of nitrogens with two attached hydrogens (primary N) is 1. The number of hydrogen-bond acceptors (Lipinski definition) is 2. The Morgan fingerprint density at radius 1 is 0.950 bits per heavy atom. The largest absolute Gasteiger partial charge is 0.323 e. The van der Waals surface area contributed by atoms with Crippen LogP contribution in [0, 0.1) is 0 Å². The lowest BCUT2D eigenvalue weighted by Gasteiger charge is -2.55. The molecule has 0 aliphatic carbocycles. The molecule has 1 heterocycles. The first-order valence-corrected chi connectivity index (χ1v) is 7.27. The molecule has 0 aromatic heterocycles. The molecule has 0 unspecified atom stereocenters. The van der Waals surface area contributed by atoms with E-state index in [1.165, 1.54) is 11.1 Å². The summed E-state index contributed by atoms with van der Waals surface area (Å²) < 4.78 is 0. The van der Waals surface area contributed by atoms with Gasteiger partial charge in [-0.15, -0.1) is 0 Å². The van der Waals surface area contributed by atoms with Crippen LogP contribution in [0.25, 0.3) is 0 Å². The molecule has 4 atom stereocenters. The zero-order valence-electron chi connectivity index (χ0n) is 12.1. The summed E-state index contributed by atoms with van der Waals surface area (Å²) in [6, 6.07) is 22.1. The number of likely N-dealkylation sites (tertiary alicyclic amines) is 1. The van der Waals surface area contributed by atoms with E-state index in [0.29, 0.717) is 18.0 Å². The SMILES string of the molecule is C[C@@H]1[C@H](c2ccccc2)[C@@H]([C@H](N)c2ccccc2)N1C. The molecule has 2 N–H and O–H groups in total. The highest BCUT2D eigenvalue weighted by Gasteiger charge is 2.47. The predicted octanol–water partition coefficient (Wildman–Crippen LogP) is 3.17. The Hall–Kier alpha value is -1.64. The molecule has 104 valence electrons. The molecule has 1 aliphatic heterocycles. The minimum Gasteiger partial charge on any atom is -0.323 e. The topological polar surface area (TPSA) is 29.3 Å². The van der Waals surface area contributed by atoms with Gasteiger partial charge in [-0.2, -0.15) is 0 Å². The van der Waals surface area contributed by atoms with E-state index >= 15 is 0 Å². The van der Waals surface area contributed by atoms with E-state index in [-0.39, 0.29) is 6.04 Å². The highest BCUT2D eigenvalue weighted by atomic mass is 15.3. The van der Waals surface area contributed by atoms with Gasteiger partial charge in [0.1, 0.15) is 0 Å². The van der Waals surface area contributed by atoms with Gasteiger partial charge in [0.05, 0.1) is 0 Å². The Kier molecular flexibility index (Phi) is 3.60. The second-order valence-corrected chi connectivity index (χ2v) is 5.77. The first-order chi connectivity index (χ1) is 9.70. The molecule has 3 rings (SSSR count). The van der Waals surface area contributed by atoms with Crippen molar-refractivity contribution in [3.05, 3.63) is 71.8 Å². The van der Waals surface area contributed by atoms with E-state index < -0.39 is 0 Å². The number of rotatable bonds is 3. The van der Waals surface area contributed by atoms with Crippen molar-refractivity contribution in [3.8, 4) is 0 Å². The smallest absolute Gasteiger partial charge is 0.0459 e. The van der Waals surface area contributed by atoms with Gasteiger partial charge in [-0.3, -0.25) is 4.90 Å². The van der Waals surface area contributed by atoms with Crippen LogP contribution in [0.5, 0.6) is 0 Å². The molecule has 2 heteroatoms. The van der Waals surface area contributed by atoms with E-state index in [1.54, 1.807) is 0 Å². The summed E-state index contributed by atoms with van der Waals surface area (Å²) in [5.74, 6) is 0.511.